The van der Waals surface area contributed by atoms with Gasteiger partial charge in [0.1, 0.15) is 11.6 Å². The predicted molar refractivity (Wildman–Crippen MR) is 114 cm³/mol. The molecule has 0 aliphatic rings. The van der Waals surface area contributed by atoms with Gasteiger partial charge in [0.25, 0.3) is 0 Å². The van der Waals surface area contributed by atoms with Crippen molar-refractivity contribution in [3.63, 3.8) is 0 Å². The number of aromatic amines is 1. The molecule has 1 aromatic heterocycles. The van der Waals surface area contributed by atoms with Gasteiger partial charge in [-0.15, -0.1) is 0 Å². The maximum Gasteiger partial charge on any atom is 0.319 e. The van der Waals surface area contributed by atoms with E-state index < -0.39 is 0 Å². The fraction of sp³-hybridized carbons (Fsp3) is 0.0909. The number of hydrogen-bond acceptors (Lipinski definition) is 3. The Kier molecular flexibility index (Phi) is 5.94. The molecule has 0 fully saturated rings. The summed E-state index contributed by atoms with van der Waals surface area (Å²) in [7, 11) is 0. The number of urea groups is 1. The van der Waals surface area contributed by atoms with Crippen LogP contribution in [0.2, 0.25) is 0 Å². The third-order valence-corrected chi connectivity index (χ3v) is 5.32. The lowest BCUT2D eigenvalue weighted by atomic mass is 10.2. The minimum atomic E-state index is -0.361. The maximum atomic E-state index is 13.0. The summed E-state index contributed by atoms with van der Waals surface area (Å²) in [4.78, 5) is 19.9. The number of anilines is 1. The zero-order valence-corrected chi connectivity index (χ0v) is 16.6. The number of hydrogen-bond donors (Lipinski definition) is 3. The number of fused-ring (bicyclic) bond motifs is 1. The molecular formula is C22H18F2N4OS. The van der Waals surface area contributed by atoms with Crippen LogP contribution in [0.3, 0.4) is 0 Å². The molecule has 0 atom stereocenters. The van der Waals surface area contributed by atoms with E-state index in [1.807, 2.05) is 6.07 Å². The van der Waals surface area contributed by atoms with E-state index in [2.05, 4.69) is 20.6 Å². The maximum absolute atomic E-state index is 13.0. The van der Waals surface area contributed by atoms with Gasteiger partial charge in [-0.05, 0) is 53.6 Å². The summed E-state index contributed by atoms with van der Waals surface area (Å²) < 4.78 is 25.9. The third kappa shape index (κ3) is 5.15. The van der Waals surface area contributed by atoms with Crippen LogP contribution in [0.1, 0.15) is 11.1 Å². The molecule has 152 valence electrons. The van der Waals surface area contributed by atoms with E-state index in [0.29, 0.717) is 18.0 Å². The number of H-pyrrole nitrogens is 1. The fourth-order valence-corrected chi connectivity index (χ4v) is 3.66. The van der Waals surface area contributed by atoms with E-state index >= 15 is 0 Å². The molecule has 4 rings (SSSR count). The third-order valence-electron chi connectivity index (χ3n) is 4.37. The van der Waals surface area contributed by atoms with Crippen molar-refractivity contribution in [3.05, 3.63) is 89.5 Å². The Morgan fingerprint density at radius 3 is 2.30 bits per heavy atom. The Balaban J connectivity index is 1.35. The largest absolute Gasteiger partial charge is 0.334 e. The van der Waals surface area contributed by atoms with Gasteiger partial charge >= 0.3 is 6.03 Å². The fourth-order valence-electron chi connectivity index (χ4n) is 2.82. The molecule has 30 heavy (non-hydrogen) atoms. The topological polar surface area (TPSA) is 69.8 Å². The van der Waals surface area contributed by atoms with E-state index in [-0.39, 0.29) is 17.7 Å². The number of amides is 2. The van der Waals surface area contributed by atoms with Crippen LogP contribution in [0.5, 0.6) is 0 Å². The van der Waals surface area contributed by atoms with Crippen LogP contribution >= 0.6 is 11.8 Å². The van der Waals surface area contributed by atoms with Crippen molar-refractivity contribution in [3.8, 4) is 0 Å². The van der Waals surface area contributed by atoms with Gasteiger partial charge in [-0.2, -0.15) is 0 Å². The Hall–Kier alpha value is -3.39. The molecule has 0 radical (unpaired) electrons. The summed E-state index contributed by atoms with van der Waals surface area (Å²) in [6.45, 7) is 0.293. The number of aromatic nitrogens is 2. The molecule has 0 aliphatic carbocycles. The monoisotopic (exact) mass is 424 g/mol. The van der Waals surface area contributed by atoms with Crippen molar-refractivity contribution in [1.29, 1.82) is 0 Å². The molecule has 0 unspecified atom stereocenters. The van der Waals surface area contributed by atoms with Crippen LogP contribution in [0.15, 0.2) is 71.9 Å². The van der Waals surface area contributed by atoms with Gasteiger partial charge < -0.3 is 15.6 Å². The van der Waals surface area contributed by atoms with E-state index in [1.165, 1.54) is 36.0 Å². The zero-order valence-electron chi connectivity index (χ0n) is 15.8. The molecule has 4 aromatic rings. The lowest BCUT2D eigenvalue weighted by Gasteiger charge is -2.07. The molecule has 1 heterocycles. The number of rotatable bonds is 6. The SMILES string of the molecule is O=C(NCc1ccc(F)cc1)Nc1ccc2[nH]c(SCc3ccc(F)cc3)nc2c1. The van der Waals surface area contributed by atoms with Crippen molar-refractivity contribution >= 4 is 34.5 Å². The summed E-state index contributed by atoms with van der Waals surface area (Å²) in [6.07, 6.45) is 0. The number of halogens is 2. The standard InChI is InChI=1S/C22H18F2N4OS/c23-16-5-1-14(2-6-16)12-25-21(29)26-18-9-10-19-20(11-18)28-22(27-19)30-13-15-3-7-17(24)8-4-15/h1-11H,12-13H2,(H,27,28)(H2,25,26,29). The minimum absolute atomic E-state index is 0.255. The van der Waals surface area contributed by atoms with Gasteiger partial charge in [0.15, 0.2) is 5.16 Å². The Bertz CT molecular complexity index is 1160. The second-order valence-electron chi connectivity index (χ2n) is 6.62. The molecule has 5 nitrogen and oxygen atoms in total. The molecule has 0 saturated heterocycles. The Labute approximate surface area is 175 Å². The number of nitrogens with one attached hydrogen (secondary N) is 3. The molecule has 3 aromatic carbocycles. The summed E-state index contributed by atoms with van der Waals surface area (Å²) in [5.41, 5.74) is 4.00. The van der Waals surface area contributed by atoms with Crippen LogP contribution in [0.25, 0.3) is 11.0 Å². The quantitative estimate of drug-likeness (QED) is 0.360. The first-order valence-electron chi connectivity index (χ1n) is 9.21. The molecule has 3 N–H and O–H groups in total. The van der Waals surface area contributed by atoms with Gasteiger partial charge in [-0.3, -0.25) is 0 Å². The van der Waals surface area contributed by atoms with Gasteiger partial charge in [-0.1, -0.05) is 36.0 Å². The highest BCUT2D eigenvalue weighted by molar-refractivity contribution is 7.98. The second-order valence-corrected chi connectivity index (χ2v) is 7.59. The number of nitrogens with zero attached hydrogens (tertiary/aromatic N) is 1. The summed E-state index contributed by atoms with van der Waals surface area (Å²) in [5.74, 6) is 0.0942. The smallest absolute Gasteiger partial charge is 0.319 e. The lowest BCUT2D eigenvalue weighted by Crippen LogP contribution is -2.28. The normalized spacial score (nSPS) is 10.9. The van der Waals surface area contributed by atoms with Crippen LogP contribution < -0.4 is 10.6 Å². The van der Waals surface area contributed by atoms with Gasteiger partial charge in [-0.25, -0.2) is 18.6 Å². The van der Waals surface area contributed by atoms with Crippen molar-refractivity contribution in [1.82, 2.24) is 15.3 Å². The summed E-state index contributed by atoms with van der Waals surface area (Å²) in [6, 6.07) is 17.4. The highest BCUT2D eigenvalue weighted by Crippen LogP contribution is 2.25. The molecule has 0 saturated carbocycles. The Morgan fingerprint density at radius 1 is 0.933 bits per heavy atom. The van der Waals surface area contributed by atoms with Crippen molar-refractivity contribution in [2.45, 2.75) is 17.5 Å². The highest BCUT2D eigenvalue weighted by Gasteiger charge is 2.07. The summed E-state index contributed by atoms with van der Waals surface area (Å²) >= 11 is 1.52. The van der Waals surface area contributed by atoms with Crippen molar-refractivity contribution < 1.29 is 13.6 Å². The van der Waals surface area contributed by atoms with E-state index in [9.17, 15) is 13.6 Å². The van der Waals surface area contributed by atoms with Crippen LogP contribution in [0.4, 0.5) is 19.3 Å². The van der Waals surface area contributed by atoms with Crippen molar-refractivity contribution in [2.75, 3.05) is 5.32 Å². The van der Waals surface area contributed by atoms with Crippen molar-refractivity contribution in [2.24, 2.45) is 0 Å². The molecule has 0 spiro atoms. The molecule has 8 heteroatoms. The average molecular weight is 424 g/mol. The number of thioether (sulfide) groups is 1. The van der Waals surface area contributed by atoms with Gasteiger partial charge in [0, 0.05) is 18.0 Å². The number of carbonyl (C=O) groups is 1. The van der Waals surface area contributed by atoms with Gasteiger partial charge in [0.05, 0.1) is 11.0 Å². The summed E-state index contributed by atoms with van der Waals surface area (Å²) in [5, 5.41) is 6.24. The van der Waals surface area contributed by atoms with E-state index in [4.69, 9.17) is 0 Å². The number of benzene rings is 3. The predicted octanol–water partition coefficient (Wildman–Crippen LogP) is 5.46. The number of carbonyl (C=O) groups excluding carboxylic acids is 1. The van der Waals surface area contributed by atoms with Crippen LogP contribution in [-0.4, -0.2) is 16.0 Å². The van der Waals surface area contributed by atoms with Crippen LogP contribution in [-0.2, 0) is 12.3 Å². The molecular weight excluding hydrogens is 406 g/mol. The van der Waals surface area contributed by atoms with E-state index in [1.54, 1.807) is 36.4 Å². The first kappa shape index (κ1) is 19.9. The highest BCUT2D eigenvalue weighted by atomic mass is 32.2. The molecule has 0 aliphatic heterocycles. The first-order chi connectivity index (χ1) is 14.5. The molecule has 2 amide bonds. The first-order valence-corrected chi connectivity index (χ1v) is 10.2. The Morgan fingerprint density at radius 2 is 1.60 bits per heavy atom. The lowest BCUT2D eigenvalue weighted by molar-refractivity contribution is 0.251. The van der Waals surface area contributed by atoms with Crippen LogP contribution in [0, 0.1) is 11.6 Å². The molecule has 0 bridgehead atoms. The average Bonchev–Trinajstić information content (AvgIpc) is 3.15. The van der Waals surface area contributed by atoms with E-state index in [0.717, 1.165) is 27.3 Å². The zero-order chi connectivity index (χ0) is 20.9. The second kappa shape index (κ2) is 8.96. The minimum Gasteiger partial charge on any atom is -0.334 e. The number of imidazole rings is 1. The van der Waals surface area contributed by atoms with Gasteiger partial charge in [0.2, 0.25) is 0 Å².